The fourth-order valence-electron chi connectivity index (χ4n) is 16.2. The highest BCUT2D eigenvalue weighted by Gasteiger charge is 2.46. The predicted molar refractivity (Wildman–Crippen MR) is 436 cm³/mol. The van der Waals surface area contributed by atoms with Crippen molar-refractivity contribution in [3.8, 4) is 94.7 Å². The van der Waals surface area contributed by atoms with E-state index in [1.54, 1.807) is 0 Å². The first-order chi connectivity index (χ1) is 49.9. The molecule has 18 rings (SSSR count). The van der Waals surface area contributed by atoms with Crippen molar-refractivity contribution in [2.24, 2.45) is 0 Å². The molecule has 0 unspecified atom stereocenters. The van der Waals surface area contributed by atoms with E-state index < -0.39 is 0 Å². The average Bonchev–Trinajstić information content (AvgIpc) is 0.801. The van der Waals surface area contributed by atoms with Crippen LogP contribution in [0.1, 0.15) is 52.7 Å². The van der Waals surface area contributed by atoms with Gasteiger partial charge in [0.25, 0.3) is 6.71 Å². The molecular weight excluding hydrogens is 1230 g/mol. The average molecular weight is 1310 g/mol. The molecule has 0 saturated heterocycles. The largest absolute Gasteiger partial charge is 0.310 e. The number of fused-ring (bicyclic) bond motifs is 7. The molecule has 0 saturated carbocycles. The minimum absolute atomic E-state index is 0.0916. The summed E-state index contributed by atoms with van der Waals surface area (Å²) < 4.78 is 2.59. The lowest BCUT2D eigenvalue weighted by molar-refractivity contribution is 0.590. The maximum absolute atomic E-state index is 2.69. The van der Waals surface area contributed by atoms with Crippen molar-refractivity contribution >= 4 is 79.0 Å². The van der Waals surface area contributed by atoms with Crippen molar-refractivity contribution in [1.29, 1.82) is 0 Å². The summed E-state index contributed by atoms with van der Waals surface area (Å²) in [6, 6.07) is 132. The fraction of sp³-hybridized carbons (Fsp3) is 0.0816. The van der Waals surface area contributed by atoms with Gasteiger partial charge >= 0.3 is 0 Å². The summed E-state index contributed by atoms with van der Waals surface area (Å²) in [5.74, 6) is 0. The fourth-order valence-corrected chi connectivity index (χ4v) is 16.2. The van der Waals surface area contributed by atoms with Crippen LogP contribution in [0.15, 0.2) is 352 Å². The number of hydrogen-bond donors (Lipinski definition) is 0. The van der Waals surface area contributed by atoms with Gasteiger partial charge in [-0.05, 0) is 166 Å². The van der Waals surface area contributed by atoms with Crippen molar-refractivity contribution in [3.63, 3.8) is 0 Å². The topological polar surface area (TPSA) is 11.4 Å². The highest BCUT2D eigenvalue weighted by molar-refractivity contribution is 7.00. The number of nitrogens with zero attached hydrogens (tertiary/aromatic N) is 3. The molecule has 0 N–H and O–H groups in total. The smallest absolute Gasteiger partial charge is 0.252 e. The third-order valence-electron chi connectivity index (χ3n) is 21.3. The van der Waals surface area contributed by atoms with Crippen molar-refractivity contribution in [2.45, 2.75) is 52.4 Å². The van der Waals surface area contributed by atoms with Gasteiger partial charge in [0.05, 0.1) is 28.1 Å². The molecule has 1 aromatic heterocycles. The number of anilines is 6. The SMILES string of the molecule is CC(C)(C)c1ccc2c(c1)c1cc(C(C)(C)C)ccc1n2-c1cc2c3c(c1)N(c1c(-c4ccccc4)cccc1-c1ccccc1)c1cc(-c4cccc(-c5ccccc5)c4)ccc1B3c1ccc(-c3cccc(-c4ccccc4)c3)cc1N2c1c(-c2ccccc2)cccc1-c1ccccc1. The molecule has 102 heavy (non-hydrogen) atoms. The van der Waals surface area contributed by atoms with Crippen LogP contribution in [0.3, 0.4) is 0 Å². The molecule has 0 amide bonds. The number of hydrogen-bond acceptors (Lipinski definition) is 2. The highest BCUT2D eigenvalue weighted by Crippen LogP contribution is 2.55. The first-order valence-corrected chi connectivity index (χ1v) is 35.8. The van der Waals surface area contributed by atoms with E-state index in [0.29, 0.717) is 0 Å². The summed E-state index contributed by atoms with van der Waals surface area (Å²) in [4.78, 5) is 5.39. The van der Waals surface area contributed by atoms with Crippen molar-refractivity contribution in [1.82, 2.24) is 4.57 Å². The van der Waals surface area contributed by atoms with Crippen LogP contribution in [-0.4, -0.2) is 11.3 Å². The van der Waals surface area contributed by atoms with Crippen molar-refractivity contribution in [2.75, 3.05) is 9.80 Å². The van der Waals surface area contributed by atoms with Crippen LogP contribution in [0.2, 0.25) is 0 Å². The molecule has 0 bridgehead atoms. The Kier molecular flexibility index (Phi) is 15.1. The van der Waals surface area contributed by atoms with Crippen LogP contribution in [0.4, 0.5) is 34.1 Å². The maximum Gasteiger partial charge on any atom is 0.252 e. The lowest BCUT2D eigenvalue weighted by atomic mass is 9.33. The quantitative estimate of drug-likeness (QED) is 0.120. The second-order valence-corrected chi connectivity index (χ2v) is 29.6. The highest BCUT2D eigenvalue weighted by atomic mass is 15.2. The van der Waals surface area contributed by atoms with Gasteiger partial charge in [-0.2, -0.15) is 0 Å². The Morgan fingerprint density at radius 3 is 0.863 bits per heavy atom. The monoisotopic (exact) mass is 1310 g/mol. The Morgan fingerprint density at radius 1 is 0.235 bits per heavy atom. The molecule has 0 fully saturated rings. The molecule has 0 radical (unpaired) electrons. The molecule has 0 aliphatic carbocycles. The minimum Gasteiger partial charge on any atom is -0.310 e. The predicted octanol–water partition coefficient (Wildman–Crippen LogP) is 24.8. The number of rotatable bonds is 11. The van der Waals surface area contributed by atoms with Gasteiger partial charge in [-0.3, -0.25) is 0 Å². The van der Waals surface area contributed by atoms with Crippen LogP contribution in [0.25, 0.3) is 117 Å². The Hall–Kier alpha value is -12.2. The third kappa shape index (κ3) is 10.8. The van der Waals surface area contributed by atoms with Gasteiger partial charge < -0.3 is 14.4 Å². The summed E-state index contributed by atoms with van der Waals surface area (Å²) in [6.45, 7) is 13.8. The zero-order valence-corrected chi connectivity index (χ0v) is 58.4. The standard InChI is InChI=1S/C98H76BN3/c1-97(2,3)77-51-55-88-84(61-77)85-62-78(98(4,5)6)52-56-89(85)100(88)79-63-92-94-93(64-79)102(96-82(69-37-21-11-22-38-69)47-28-48-83(96)70-39-23-12-24-40-70)91-60-76(74-44-26-42-72(58-74)66-31-15-8-16-32-66)50-54-87(91)99(94)86-53-49-75(73-43-25-41-71(57-73)65-29-13-7-14-30-65)59-90(86)101(92)95-80(67-33-17-9-18-34-67)45-27-46-81(95)68-35-19-10-20-36-68/h7-64H,1-6H3. The molecular formula is C98H76BN3. The normalized spacial score (nSPS) is 12.5. The van der Waals surface area contributed by atoms with E-state index in [2.05, 4.69) is 408 Å². The molecule has 15 aromatic carbocycles. The van der Waals surface area contributed by atoms with Crippen molar-refractivity contribution in [3.05, 3.63) is 363 Å². The van der Waals surface area contributed by atoms with E-state index in [1.165, 1.54) is 60.5 Å². The molecule has 486 valence electrons. The Labute approximate surface area is 599 Å². The van der Waals surface area contributed by atoms with Crippen LogP contribution >= 0.6 is 0 Å². The van der Waals surface area contributed by atoms with E-state index in [4.69, 9.17) is 0 Å². The van der Waals surface area contributed by atoms with Gasteiger partial charge in [0, 0.05) is 55.8 Å². The molecule has 3 nitrogen and oxygen atoms in total. The summed E-state index contributed by atoms with van der Waals surface area (Å²) in [7, 11) is 0. The lowest BCUT2D eigenvalue weighted by Gasteiger charge is -2.46. The molecule has 2 aliphatic heterocycles. The maximum atomic E-state index is 2.69. The van der Waals surface area contributed by atoms with E-state index in [9.17, 15) is 0 Å². The Balaban J connectivity index is 1.03. The first kappa shape index (κ1) is 62.0. The molecule has 16 aromatic rings. The zero-order chi connectivity index (χ0) is 68.8. The molecule has 4 heteroatoms. The van der Waals surface area contributed by atoms with E-state index in [1.807, 2.05) is 0 Å². The first-order valence-electron chi connectivity index (χ1n) is 35.8. The summed E-state index contributed by atoms with van der Waals surface area (Å²) in [5.41, 5.74) is 34.5. The van der Waals surface area contributed by atoms with Crippen LogP contribution < -0.4 is 26.2 Å². The van der Waals surface area contributed by atoms with Crippen LogP contribution in [-0.2, 0) is 10.8 Å². The number of aromatic nitrogens is 1. The molecule has 0 atom stereocenters. The second-order valence-electron chi connectivity index (χ2n) is 29.6. The Bertz CT molecular complexity index is 5410. The molecule has 3 heterocycles. The van der Waals surface area contributed by atoms with Gasteiger partial charge in [0.1, 0.15) is 0 Å². The van der Waals surface area contributed by atoms with E-state index in [0.717, 1.165) is 118 Å². The lowest BCUT2D eigenvalue weighted by Crippen LogP contribution is -2.61. The van der Waals surface area contributed by atoms with E-state index >= 15 is 0 Å². The van der Waals surface area contributed by atoms with Gasteiger partial charge in [0.15, 0.2) is 0 Å². The molecule has 2 aliphatic rings. The van der Waals surface area contributed by atoms with Gasteiger partial charge in [-0.1, -0.05) is 333 Å². The second kappa shape index (κ2) is 24.9. The van der Waals surface area contributed by atoms with Gasteiger partial charge in [-0.25, -0.2) is 0 Å². The molecule has 0 spiro atoms. The third-order valence-corrected chi connectivity index (χ3v) is 21.3. The van der Waals surface area contributed by atoms with Crippen molar-refractivity contribution < 1.29 is 0 Å². The number of benzene rings is 15. The minimum atomic E-state index is -0.245. The zero-order valence-electron chi connectivity index (χ0n) is 58.4. The van der Waals surface area contributed by atoms with E-state index in [-0.39, 0.29) is 17.5 Å². The summed E-state index contributed by atoms with van der Waals surface area (Å²) in [5, 5.41) is 2.48. The van der Waals surface area contributed by atoms with Gasteiger partial charge in [-0.15, -0.1) is 0 Å². The summed E-state index contributed by atoms with van der Waals surface area (Å²) in [6.07, 6.45) is 0. The Morgan fingerprint density at radius 2 is 0.529 bits per heavy atom. The summed E-state index contributed by atoms with van der Waals surface area (Å²) >= 11 is 0. The van der Waals surface area contributed by atoms with Gasteiger partial charge in [0.2, 0.25) is 0 Å². The number of para-hydroxylation sites is 2. The van der Waals surface area contributed by atoms with Crippen LogP contribution in [0.5, 0.6) is 0 Å². The van der Waals surface area contributed by atoms with Crippen LogP contribution in [0, 0.1) is 0 Å².